The lowest BCUT2D eigenvalue weighted by molar-refractivity contribution is -0.122. The van der Waals surface area contributed by atoms with E-state index in [4.69, 9.17) is 9.73 Å². The van der Waals surface area contributed by atoms with Crippen molar-refractivity contribution in [3.05, 3.63) is 94.9 Å². The molecule has 1 fully saturated rings. The molecule has 0 aromatic heterocycles. The third-order valence-corrected chi connectivity index (χ3v) is 6.53. The molecule has 1 aliphatic heterocycles. The Kier molecular flexibility index (Phi) is 6.79. The van der Waals surface area contributed by atoms with Gasteiger partial charge < -0.3 is 4.74 Å². The lowest BCUT2D eigenvalue weighted by atomic mass is 10.2. The van der Waals surface area contributed by atoms with E-state index in [9.17, 15) is 4.79 Å². The molecule has 1 amide bonds. The number of carbonyl (C=O) groups is 1. The summed E-state index contributed by atoms with van der Waals surface area (Å²) >= 11 is 3.11. The molecule has 0 N–H and O–H groups in total. The highest BCUT2D eigenvalue weighted by atomic mass is 32.2. The Hall–Kier alpha value is -2.96. The molecular formula is C25H22N2O2S2. The molecule has 4 rings (SSSR count). The number of nitrogens with zero attached hydrogens (tertiary/aromatic N) is 2. The fourth-order valence-electron chi connectivity index (χ4n) is 3.11. The largest absolute Gasteiger partial charge is 0.497 e. The van der Waals surface area contributed by atoms with E-state index in [2.05, 4.69) is 12.1 Å². The van der Waals surface area contributed by atoms with Crippen molar-refractivity contribution >= 4 is 46.4 Å². The van der Waals surface area contributed by atoms with Crippen LogP contribution in [0.4, 0.5) is 5.69 Å². The van der Waals surface area contributed by atoms with E-state index >= 15 is 0 Å². The number of ether oxygens (including phenoxy) is 1. The molecule has 156 valence electrons. The van der Waals surface area contributed by atoms with E-state index < -0.39 is 0 Å². The summed E-state index contributed by atoms with van der Waals surface area (Å²) in [5.74, 6) is 0.753. The molecule has 4 nitrogen and oxygen atoms in total. The van der Waals surface area contributed by atoms with Crippen molar-refractivity contribution in [2.45, 2.75) is 11.4 Å². The zero-order valence-electron chi connectivity index (χ0n) is 17.3. The lowest BCUT2D eigenvalue weighted by Crippen LogP contribution is -2.28. The molecule has 0 spiro atoms. The van der Waals surface area contributed by atoms with Crippen LogP contribution in [0.25, 0.3) is 6.08 Å². The average Bonchev–Trinajstić information content (AvgIpc) is 3.09. The number of thioether (sulfide) groups is 2. The van der Waals surface area contributed by atoms with Gasteiger partial charge in [-0.25, -0.2) is 4.99 Å². The summed E-state index contributed by atoms with van der Waals surface area (Å²) in [5.41, 5.74) is 2.84. The zero-order chi connectivity index (χ0) is 21.6. The first kappa shape index (κ1) is 21.3. The van der Waals surface area contributed by atoms with E-state index in [0.717, 1.165) is 22.6 Å². The van der Waals surface area contributed by atoms with Crippen molar-refractivity contribution < 1.29 is 9.53 Å². The summed E-state index contributed by atoms with van der Waals surface area (Å²) in [6.07, 6.45) is 3.98. The second kappa shape index (κ2) is 9.90. The van der Waals surface area contributed by atoms with Crippen molar-refractivity contribution in [2.75, 3.05) is 13.4 Å². The number of rotatable bonds is 6. The van der Waals surface area contributed by atoms with Crippen LogP contribution in [0.3, 0.4) is 0 Å². The number of hydrogen-bond donors (Lipinski definition) is 0. The van der Waals surface area contributed by atoms with E-state index in [0.29, 0.717) is 16.6 Å². The van der Waals surface area contributed by atoms with E-state index in [1.807, 2.05) is 79.1 Å². The minimum Gasteiger partial charge on any atom is -0.497 e. The molecule has 1 saturated heterocycles. The lowest BCUT2D eigenvalue weighted by Gasteiger charge is -2.16. The van der Waals surface area contributed by atoms with Crippen molar-refractivity contribution in [3.63, 3.8) is 0 Å². The van der Waals surface area contributed by atoms with Crippen LogP contribution >= 0.6 is 23.5 Å². The maximum Gasteiger partial charge on any atom is 0.267 e. The summed E-state index contributed by atoms with van der Waals surface area (Å²) in [7, 11) is 1.64. The fraction of sp³-hybridized carbons (Fsp3) is 0.120. The quantitative estimate of drug-likeness (QED) is 0.333. The highest BCUT2D eigenvalue weighted by molar-refractivity contribution is 8.18. The number of benzene rings is 3. The number of amidine groups is 1. The molecule has 0 atom stereocenters. The van der Waals surface area contributed by atoms with Crippen molar-refractivity contribution in [1.82, 2.24) is 4.90 Å². The molecule has 6 heteroatoms. The van der Waals surface area contributed by atoms with Crippen LogP contribution in [0.1, 0.15) is 11.1 Å². The Labute approximate surface area is 191 Å². The van der Waals surface area contributed by atoms with E-state index in [1.54, 1.807) is 23.8 Å². The molecule has 3 aromatic carbocycles. The minimum atomic E-state index is -0.0376. The van der Waals surface area contributed by atoms with Gasteiger partial charge in [0, 0.05) is 4.90 Å². The Morgan fingerprint density at radius 3 is 2.35 bits per heavy atom. The van der Waals surface area contributed by atoms with Crippen molar-refractivity contribution in [2.24, 2.45) is 4.99 Å². The molecule has 0 unspecified atom stereocenters. The van der Waals surface area contributed by atoms with Gasteiger partial charge in [0.05, 0.1) is 24.2 Å². The predicted molar refractivity (Wildman–Crippen MR) is 131 cm³/mol. The monoisotopic (exact) mass is 446 g/mol. The van der Waals surface area contributed by atoms with E-state index in [-0.39, 0.29) is 5.91 Å². The summed E-state index contributed by atoms with van der Waals surface area (Å²) < 4.78 is 5.24. The molecule has 1 aliphatic rings. The minimum absolute atomic E-state index is 0.0376. The first-order valence-electron chi connectivity index (χ1n) is 9.78. The normalized spacial score (nSPS) is 16.3. The summed E-state index contributed by atoms with van der Waals surface area (Å²) in [5, 5.41) is 0.680. The summed E-state index contributed by atoms with van der Waals surface area (Å²) in [6, 6.07) is 25.7. The highest BCUT2D eigenvalue weighted by Gasteiger charge is 2.33. The molecule has 31 heavy (non-hydrogen) atoms. The van der Waals surface area contributed by atoms with Gasteiger partial charge in [-0.3, -0.25) is 9.69 Å². The topological polar surface area (TPSA) is 41.9 Å². The predicted octanol–water partition coefficient (Wildman–Crippen LogP) is 6.22. The second-order valence-corrected chi connectivity index (χ2v) is 8.74. The Morgan fingerprint density at radius 2 is 1.71 bits per heavy atom. The van der Waals surface area contributed by atoms with Crippen LogP contribution in [0.15, 0.2) is 93.7 Å². The van der Waals surface area contributed by atoms with Crippen molar-refractivity contribution in [1.29, 1.82) is 0 Å². The number of hydrogen-bond acceptors (Lipinski definition) is 5. The number of aliphatic imine (C=N–C) groups is 1. The highest BCUT2D eigenvalue weighted by Crippen LogP contribution is 2.35. The number of carbonyl (C=O) groups excluding carboxylic acids is 1. The van der Waals surface area contributed by atoms with Gasteiger partial charge in [0.1, 0.15) is 5.75 Å². The van der Waals surface area contributed by atoms with Crippen molar-refractivity contribution in [3.8, 4) is 5.75 Å². The zero-order valence-corrected chi connectivity index (χ0v) is 19.0. The van der Waals surface area contributed by atoms with E-state index in [1.165, 1.54) is 16.7 Å². The maximum atomic E-state index is 13.3. The number of methoxy groups -OCH3 is 1. The van der Waals surface area contributed by atoms with Crippen LogP contribution in [0.2, 0.25) is 0 Å². The Bertz CT molecular complexity index is 1110. The molecule has 0 bridgehead atoms. The molecule has 1 heterocycles. The number of para-hydroxylation sites is 1. The van der Waals surface area contributed by atoms with Crippen LogP contribution < -0.4 is 4.74 Å². The van der Waals surface area contributed by atoms with Gasteiger partial charge >= 0.3 is 0 Å². The Morgan fingerprint density at radius 1 is 1.00 bits per heavy atom. The molecular weight excluding hydrogens is 424 g/mol. The first-order chi connectivity index (χ1) is 15.2. The Balaban J connectivity index is 1.65. The average molecular weight is 447 g/mol. The third-order valence-electron chi connectivity index (χ3n) is 4.78. The van der Waals surface area contributed by atoms with Gasteiger partial charge in [0.25, 0.3) is 5.91 Å². The fourth-order valence-corrected chi connectivity index (χ4v) is 4.51. The molecule has 0 radical (unpaired) electrons. The van der Waals surface area contributed by atoms with Crippen LogP contribution in [-0.4, -0.2) is 29.3 Å². The third kappa shape index (κ3) is 5.21. The molecule has 3 aromatic rings. The standard InChI is InChI=1S/C25H22N2O2S2/c1-29-21-12-8-19(9-13-21)17-27-24(28)23(16-18-10-14-22(30-2)15-11-18)31-25(27)26-20-6-4-3-5-7-20/h3-16H,17H2,1-2H3/b23-16-,26-25?. The maximum absolute atomic E-state index is 13.3. The van der Waals surface area contributed by atoms with Gasteiger partial charge in [0.2, 0.25) is 0 Å². The van der Waals surface area contributed by atoms with Crippen LogP contribution in [0.5, 0.6) is 5.75 Å². The smallest absolute Gasteiger partial charge is 0.267 e. The second-order valence-electron chi connectivity index (χ2n) is 6.85. The molecule has 0 aliphatic carbocycles. The van der Waals surface area contributed by atoms with Gasteiger partial charge in [-0.05, 0) is 71.6 Å². The van der Waals surface area contributed by atoms with Crippen LogP contribution in [0, 0.1) is 0 Å². The van der Waals surface area contributed by atoms with Crippen LogP contribution in [-0.2, 0) is 11.3 Å². The first-order valence-corrected chi connectivity index (χ1v) is 11.8. The van der Waals surface area contributed by atoms with Gasteiger partial charge in [0.15, 0.2) is 5.17 Å². The number of amides is 1. The molecule has 0 saturated carbocycles. The van der Waals surface area contributed by atoms with Gasteiger partial charge in [-0.2, -0.15) is 0 Å². The van der Waals surface area contributed by atoms with Gasteiger partial charge in [-0.1, -0.05) is 42.5 Å². The van der Waals surface area contributed by atoms with Gasteiger partial charge in [-0.15, -0.1) is 11.8 Å². The SMILES string of the molecule is COc1ccc(CN2C(=O)/C(=C/c3ccc(SC)cc3)SC2=Nc2ccccc2)cc1. The summed E-state index contributed by atoms with van der Waals surface area (Å²) in [6.45, 7) is 0.449. The summed E-state index contributed by atoms with van der Waals surface area (Å²) in [4.78, 5) is 21.6.